The number of anilines is 1. The molecule has 19 heavy (non-hydrogen) atoms. The van der Waals surface area contributed by atoms with Crippen molar-refractivity contribution in [2.75, 3.05) is 18.1 Å². The van der Waals surface area contributed by atoms with Gasteiger partial charge in [-0.25, -0.2) is 0 Å². The topological polar surface area (TPSA) is 112 Å². The minimum Gasteiger partial charge on any atom is -0.481 e. The highest BCUT2D eigenvalue weighted by molar-refractivity contribution is 8.01. The van der Waals surface area contributed by atoms with Gasteiger partial charge in [-0.2, -0.15) is 0 Å². The molecule has 1 unspecified atom stereocenters. The van der Waals surface area contributed by atoms with E-state index < -0.39 is 12.0 Å². The number of hydrogen-bond donors (Lipinski definition) is 2. The van der Waals surface area contributed by atoms with Crippen LogP contribution in [0.5, 0.6) is 0 Å². The summed E-state index contributed by atoms with van der Waals surface area (Å²) in [6.45, 7) is 0. The predicted octanol–water partition coefficient (Wildman–Crippen LogP) is -0.116. The van der Waals surface area contributed by atoms with Crippen LogP contribution in [0.15, 0.2) is 4.34 Å². The normalized spacial score (nSPS) is 19.0. The number of likely N-dealkylation sites (N-methyl/N-ethyl adjacent to an activating group) is 1. The Morgan fingerprint density at radius 2 is 2.32 bits per heavy atom. The molecule has 2 rings (SSSR count). The van der Waals surface area contributed by atoms with Gasteiger partial charge >= 0.3 is 5.97 Å². The molecule has 1 aliphatic rings. The second kappa shape index (κ2) is 5.53. The van der Waals surface area contributed by atoms with Crippen molar-refractivity contribution in [2.45, 2.75) is 16.8 Å². The van der Waals surface area contributed by atoms with Crippen molar-refractivity contribution in [2.24, 2.45) is 0 Å². The molecule has 0 bridgehead atoms. The standard InChI is InChI=1S/C9H10N4O4S2/c1-13-5(14)2-4(7(13)17)10-8-11-12-9(19-8)18-3-6(15)16/h4H,2-3H2,1H3,(H,10,11)(H,15,16). The molecule has 2 amide bonds. The SMILES string of the molecule is CN1C(=O)CC(Nc2nnc(SCC(=O)O)s2)C1=O. The highest BCUT2D eigenvalue weighted by Crippen LogP contribution is 2.27. The number of amides is 2. The van der Waals surface area contributed by atoms with Crippen molar-refractivity contribution >= 4 is 46.0 Å². The largest absolute Gasteiger partial charge is 0.481 e. The van der Waals surface area contributed by atoms with Crippen LogP contribution in [0.1, 0.15) is 6.42 Å². The van der Waals surface area contributed by atoms with Crippen molar-refractivity contribution in [1.82, 2.24) is 15.1 Å². The maximum Gasteiger partial charge on any atom is 0.313 e. The molecule has 0 radical (unpaired) electrons. The average Bonchev–Trinajstić information content (AvgIpc) is 2.89. The zero-order valence-corrected chi connectivity index (χ0v) is 11.5. The van der Waals surface area contributed by atoms with E-state index in [4.69, 9.17) is 5.11 Å². The number of carboxylic acid groups (broad SMARTS) is 1. The third-order valence-corrected chi connectivity index (χ3v) is 4.38. The lowest BCUT2D eigenvalue weighted by Crippen LogP contribution is -2.31. The number of aliphatic carboxylic acids is 1. The van der Waals surface area contributed by atoms with E-state index in [2.05, 4.69) is 15.5 Å². The molecule has 8 nitrogen and oxygen atoms in total. The molecule has 0 aromatic carbocycles. The van der Waals surface area contributed by atoms with Gasteiger partial charge < -0.3 is 10.4 Å². The number of nitrogens with zero attached hydrogens (tertiary/aromatic N) is 3. The number of likely N-dealkylation sites (tertiary alicyclic amines) is 1. The summed E-state index contributed by atoms with van der Waals surface area (Å²) in [5.74, 6) is -1.58. The van der Waals surface area contributed by atoms with Crippen LogP contribution in [-0.4, -0.2) is 56.8 Å². The van der Waals surface area contributed by atoms with E-state index in [9.17, 15) is 14.4 Å². The van der Waals surface area contributed by atoms with Gasteiger partial charge in [-0.1, -0.05) is 23.1 Å². The molecule has 0 spiro atoms. The van der Waals surface area contributed by atoms with Crippen LogP contribution in [-0.2, 0) is 14.4 Å². The molecule has 0 aliphatic carbocycles. The molecule has 1 aliphatic heterocycles. The van der Waals surface area contributed by atoms with Crippen LogP contribution in [0.3, 0.4) is 0 Å². The minimum absolute atomic E-state index is 0.0898. The van der Waals surface area contributed by atoms with E-state index in [1.165, 1.54) is 7.05 Å². The summed E-state index contributed by atoms with van der Waals surface area (Å²) in [6, 6.07) is -0.622. The Hall–Kier alpha value is -1.68. The Morgan fingerprint density at radius 1 is 1.58 bits per heavy atom. The van der Waals surface area contributed by atoms with Gasteiger partial charge in [-0.3, -0.25) is 19.3 Å². The van der Waals surface area contributed by atoms with Crippen LogP contribution in [0.25, 0.3) is 0 Å². The molecule has 102 valence electrons. The summed E-state index contributed by atoms with van der Waals surface area (Å²) in [5, 5.41) is 19.4. The first kappa shape index (κ1) is 13.7. The Kier molecular flexibility index (Phi) is 4.00. The molecule has 10 heteroatoms. The summed E-state index contributed by atoms with van der Waals surface area (Å²) in [6.07, 6.45) is 0.0898. The molecule has 1 atom stereocenters. The van der Waals surface area contributed by atoms with Crippen LogP contribution >= 0.6 is 23.1 Å². The maximum absolute atomic E-state index is 11.7. The fourth-order valence-corrected chi connectivity index (χ4v) is 2.99. The number of hydrogen-bond acceptors (Lipinski definition) is 8. The quantitative estimate of drug-likeness (QED) is 0.572. The lowest BCUT2D eigenvalue weighted by atomic mass is 10.2. The second-order valence-electron chi connectivity index (χ2n) is 3.75. The van der Waals surface area contributed by atoms with Crippen LogP contribution in [0.2, 0.25) is 0 Å². The first-order chi connectivity index (χ1) is 8.97. The zero-order valence-electron chi connectivity index (χ0n) is 9.82. The van der Waals surface area contributed by atoms with Crippen molar-refractivity contribution < 1.29 is 19.5 Å². The third kappa shape index (κ3) is 3.20. The van der Waals surface area contributed by atoms with E-state index >= 15 is 0 Å². The van der Waals surface area contributed by atoms with Crippen molar-refractivity contribution in [3.8, 4) is 0 Å². The maximum atomic E-state index is 11.7. The van der Waals surface area contributed by atoms with Gasteiger partial charge in [0.2, 0.25) is 11.0 Å². The van der Waals surface area contributed by atoms with E-state index in [-0.39, 0.29) is 24.0 Å². The third-order valence-electron chi connectivity index (χ3n) is 2.40. The number of imide groups is 1. The Bertz CT molecular complexity index is 532. The number of carbonyl (C=O) groups is 3. The second-order valence-corrected chi connectivity index (χ2v) is 5.95. The van der Waals surface area contributed by atoms with Crippen LogP contribution < -0.4 is 5.32 Å². The summed E-state index contributed by atoms with van der Waals surface area (Å²) < 4.78 is 0.495. The van der Waals surface area contributed by atoms with Gasteiger partial charge in [0.1, 0.15) is 6.04 Å². The van der Waals surface area contributed by atoms with Gasteiger partial charge in [0.05, 0.1) is 12.2 Å². The fraction of sp³-hybridized carbons (Fsp3) is 0.444. The van der Waals surface area contributed by atoms with Crippen molar-refractivity contribution in [1.29, 1.82) is 0 Å². The molecule has 2 N–H and O–H groups in total. The fourth-order valence-electron chi connectivity index (χ4n) is 1.47. The molecule has 1 aromatic rings. The highest BCUT2D eigenvalue weighted by Gasteiger charge is 2.36. The average molecular weight is 302 g/mol. The molecule has 2 heterocycles. The first-order valence-corrected chi connectivity index (χ1v) is 7.02. The summed E-state index contributed by atoms with van der Waals surface area (Å²) >= 11 is 2.20. The number of aromatic nitrogens is 2. The summed E-state index contributed by atoms with van der Waals surface area (Å²) in [5.41, 5.74) is 0. The highest BCUT2D eigenvalue weighted by atomic mass is 32.2. The summed E-state index contributed by atoms with van der Waals surface area (Å²) in [7, 11) is 1.43. The van der Waals surface area contributed by atoms with E-state index in [1.54, 1.807) is 0 Å². The van der Waals surface area contributed by atoms with Gasteiger partial charge in [0.15, 0.2) is 4.34 Å². The lowest BCUT2D eigenvalue weighted by molar-refractivity contribution is -0.137. The van der Waals surface area contributed by atoms with E-state index in [0.717, 1.165) is 28.0 Å². The monoisotopic (exact) mass is 302 g/mol. The van der Waals surface area contributed by atoms with Gasteiger partial charge in [-0.05, 0) is 0 Å². The summed E-state index contributed by atoms with van der Waals surface area (Å²) in [4.78, 5) is 34.5. The molecular weight excluding hydrogens is 292 g/mol. The lowest BCUT2D eigenvalue weighted by Gasteiger charge is -2.08. The van der Waals surface area contributed by atoms with Crippen molar-refractivity contribution in [3.05, 3.63) is 0 Å². The number of nitrogens with one attached hydrogen (secondary N) is 1. The number of thioether (sulfide) groups is 1. The van der Waals surface area contributed by atoms with E-state index in [1.807, 2.05) is 0 Å². The molecule has 1 fully saturated rings. The number of carboxylic acids is 1. The molecule has 0 saturated carbocycles. The minimum atomic E-state index is -0.937. The molecule has 1 saturated heterocycles. The Morgan fingerprint density at radius 3 is 2.89 bits per heavy atom. The first-order valence-electron chi connectivity index (χ1n) is 5.22. The Labute approximate surface area is 116 Å². The zero-order chi connectivity index (χ0) is 14.0. The van der Waals surface area contributed by atoms with Crippen molar-refractivity contribution in [3.63, 3.8) is 0 Å². The molecule has 1 aromatic heterocycles. The van der Waals surface area contributed by atoms with Gasteiger partial charge in [0, 0.05) is 7.05 Å². The smallest absolute Gasteiger partial charge is 0.313 e. The number of carbonyl (C=O) groups excluding carboxylic acids is 2. The van der Waals surface area contributed by atoms with E-state index in [0.29, 0.717) is 9.47 Å². The van der Waals surface area contributed by atoms with Crippen LogP contribution in [0, 0.1) is 0 Å². The molecular formula is C9H10N4O4S2. The van der Waals surface area contributed by atoms with Gasteiger partial charge in [0.25, 0.3) is 5.91 Å². The predicted molar refractivity (Wildman–Crippen MR) is 68.1 cm³/mol. The Balaban J connectivity index is 1.95. The van der Waals surface area contributed by atoms with Crippen LogP contribution in [0.4, 0.5) is 5.13 Å². The van der Waals surface area contributed by atoms with Gasteiger partial charge in [-0.15, -0.1) is 10.2 Å². The number of rotatable bonds is 5.